The molecule has 5 N–H and O–H groups in total. The Morgan fingerprint density at radius 1 is 1.07 bits per heavy atom. The van der Waals surface area contributed by atoms with E-state index < -0.39 is 41.2 Å². The molecule has 10 heteroatoms. The summed E-state index contributed by atoms with van der Waals surface area (Å²) in [7, 11) is 0. The highest BCUT2D eigenvalue weighted by atomic mass is 16.6. The minimum absolute atomic E-state index is 0.158. The Morgan fingerprint density at radius 3 is 2.50 bits per heavy atom. The Bertz CT molecular complexity index is 1450. The van der Waals surface area contributed by atoms with Crippen LogP contribution in [0, 0.1) is 0 Å². The third kappa shape index (κ3) is 6.51. The normalized spacial score (nSPS) is 16.1. The van der Waals surface area contributed by atoms with Gasteiger partial charge < -0.3 is 30.8 Å². The molecule has 212 valence electrons. The first-order valence-corrected chi connectivity index (χ1v) is 13.3. The number of carboxylic acid groups (broad SMARTS) is 1. The van der Waals surface area contributed by atoms with E-state index in [0.717, 1.165) is 22.0 Å². The number of fused-ring (bicyclic) bond motifs is 2. The summed E-state index contributed by atoms with van der Waals surface area (Å²) in [6.07, 6.45) is 1.86. The van der Waals surface area contributed by atoms with Gasteiger partial charge >= 0.3 is 12.1 Å². The molecule has 10 nitrogen and oxygen atoms in total. The lowest BCUT2D eigenvalue weighted by molar-refractivity contribution is -0.132. The van der Waals surface area contributed by atoms with Gasteiger partial charge in [-0.1, -0.05) is 24.3 Å². The van der Waals surface area contributed by atoms with Crippen molar-refractivity contribution in [1.29, 1.82) is 0 Å². The molecule has 1 aliphatic heterocycles. The fraction of sp³-hybridized carbons (Fsp3) is 0.400. The van der Waals surface area contributed by atoms with Gasteiger partial charge in [-0.05, 0) is 75.9 Å². The molecule has 2 heterocycles. The van der Waals surface area contributed by atoms with Crippen molar-refractivity contribution in [3.05, 3.63) is 70.9 Å². The van der Waals surface area contributed by atoms with Crippen LogP contribution in [0.2, 0.25) is 0 Å². The lowest BCUT2D eigenvalue weighted by Crippen LogP contribution is -2.59. The maximum atomic E-state index is 14.1. The highest BCUT2D eigenvalue weighted by Crippen LogP contribution is 2.28. The number of aromatic nitrogens is 1. The number of amides is 2. The number of carbonyl (C=O) groups excluding carboxylic acids is 3. The van der Waals surface area contributed by atoms with Gasteiger partial charge in [0, 0.05) is 30.1 Å². The van der Waals surface area contributed by atoms with E-state index in [1.165, 1.54) is 6.07 Å². The molecule has 2 aromatic carbocycles. The molecule has 2 amide bonds. The Hall–Kier alpha value is -4.18. The predicted octanol–water partition coefficient (Wildman–Crippen LogP) is 3.65. The number of hydrogen-bond acceptors (Lipinski definition) is 6. The highest BCUT2D eigenvalue weighted by molar-refractivity contribution is 5.98. The molecule has 0 spiro atoms. The van der Waals surface area contributed by atoms with Crippen LogP contribution in [-0.2, 0) is 27.2 Å². The molecule has 2 unspecified atom stereocenters. The van der Waals surface area contributed by atoms with Crippen LogP contribution >= 0.6 is 0 Å². The van der Waals surface area contributed by atoms with Crippen LogP contribution in [0.5, 0.6) is 0 Å². The zero-order chi connectivity index (χ0) is 29.2. The highest BCUT2D eigenvalue weighted by Gasteiger charge is 2.37. The molecule has 1 aliphatic rings. The molecule has 0 saturated carbocycles. The zero-order valence-corrected chi connectivity index (χ0v) is 23.4. The summed E-state index contributed by atoms with van der Waals surface area (Å²) in [6, 6.07) is 10.7. The number of ether oxygens (including phenoxy) is 1. The van der Waals surface area contributed by atoms with Crippen LogP contribution < -0.4 is 16.0 Å². The largest absolute Gasteiger partial charge is 0.478 e. The lowest BCUT2D eigenvalue weighted by atomic mass is 9.86. The number of alkyl carbamates (subject to hydrolysis) is 1. The smallest absolute Gasteiger partial charge is 0.408 e. The first-order valence-electron chi connectivity index (χ1n) is 13.3. The Labute approximate surface area is 232 Å². The Balaban J connectivity index is 1.63. The molecule has 3 aromatic rings. The molecule has 1 aromatic heterocycles. The maximum absolute atomic E-state index is 14.1. The number of carboxylic acids is 1. The number of H-pyrrole nitrogens is 1. The van der Waals surface area contributed by atoms with Gasteiger partial charge in [-0.2, -0.15) is 0 Å². The molecule has 2 atom stereocenters. The van der Waals surface area contributed by atoms with Crippen LogP contribution in [0.25, 0.3) is 10.9 Å². The van der Waals surface area contributed by atoms with E-state index in [2.05, 4.69) is 20.9 Å². The number of hydrogen-bond donors (Lipinski definition) is 5. The Kier molecular flexibility index (Phi) is 8.02. The number of Topliss-reactive ketones (excluding diaryl/α,β-unsaturated/α-hetero) is 1. The number of aromatic amines is 1. The van der Waals surface area contributed by atoms with Gasteiger partial charge in [0.25, 0.3) is 0 Å². The fourth-order valence-corrected chi connectivity index (χ4v) is 4.85. The van der Waals surface area contributed by atoms with E-state index in [9.17, 15) is 24.3 Å². The van der Waals surface area contributed by atoms with Gasteiger partial charge in [-0.3, -0.25) is 9.59 Å². The summed E-state index contributed by atoms with van der Waals surface area (Å²) in [6.45, 7) is 8.74. The zero-order valence-electron chi connectivity index (χ0n) is 23.4. The summed E-state index contributed by atoms with van der Waals surface area (Å²) in [4.78, 5) is 54.7. The number of nitrogens with one attached hydrogen (secondary N) is 4. The second-order valence-corrected chi connectivity index (χ2v) is 11.6. The summed E-state index contributed by atoms with van der Waals surface area (Å²) in [5.74, 6) is -1.85. The van der Waals surface area contributed by atoms with Gasteiger partial charge in [0.1, 0.15) is 11.1 Å². The SMILES string of the molecule is CC(C)(C)OC(=O)NC(C)(C)C(=O)NC(Cc1c[nH]c2ccccc12)C(=O)C1NCCc2cc(C(=O)O)ccc21. The molecule has 4 rings (SSSR count). The molecule has 0 saturated heterocycles. The third-order valence-corrected chi connectivity index (χ3v) is 6.86. The topological polar surface area (TPSA) is 150 Å². The van der Waals surface area contributed by atoms with Gasteiger partial charge in [-0.15, -0.1) is 0 Å². The van der Waals surface area contributed by atoms with Gasteiger partial charge in [0.2, 0.25) is 5.91 Å². The summed E-state index contributed by atoms with van der Waals surface area (Å²) in [5, 5.41) is 19.1. The molecule has 0 radical (unpaired) electrons. The third-order valence-electron chi connectivity index (χ3n) is 6.86. The monoisotopic (exact) mass is 548 g/mol. The lowest BCUT2D eigenvalue weighted by Gasteiger charge is -2.32. The summed E-state index contributed by atoms with van der Waals surface area (Å²) >= 11 is 0. The van der Waals surface area contributed by atoms with E-state index in [4.69, 9.17) is 4.74 Å². The number of carbonyl (C=O) groups is 4. The van der Waals surface area contributed by atoms with E-state index in [1.54, 1.807) is 46.8 Å². The van der Waals surface area contributed by atoms with Crippen molar-refractivity contribution in [2.24, 2.45) is 0 Å². The minimum Gasteiger partial charge on any atom is -0.478 e. The van der Waals surface area contributed by atoms with Crippen molar-refractivity contribution in [3.63, 3.8) is 0 Å². The van der Waals surface area contributed by atoms with Crippen LogP contribution in [0.3, 0.4) is 0 Å². The number of aromatic carboxylic acids is 1. The van der Waals surface area contributed by atoms with Gasteiger partial charge in [0.05, 0.1) is 17.6 Å². The Morgan fingerprint density at radius 2 is 1.80 bits per heavy atom. The van der Waals surface area contributed by atoms with E-state index >= 15 is 0 Å². The number of ketones is 1. The first kappa shape index (κ1) is 28.8. The van der Waals surface area contributed by atoms with Crippen LogP contribution in [-0.4, -0.2) is 57.6 Å². The molecular weight excluding hydrogens is 512 g/mol. The van der Waals surface area contributed by atoms with Crippen LogP contribution in [0.15, 0.2) is 48.7 Å². The van der Waals surface area contributed by atoms with E-state index in [1.807, 2.05) is 30.5 Å². The van der Waals surface area contributed by atoms with Crippen molar-refractivity contribution in [3.8, 4) is 0 Å². The number of para-hydroxylation sites is 1. The van der Waals surface area contributed by atoms with Crippen LogP contribution in [0.4, 0.5) is 4.79 Å². The molecular formula is C30H36N4O6. The minimum atomic E-state index is -1.38. The van der Waals surface area contributed by atoms with Crippen molar-refractivity contribution in [2.45, 2.75) is 70.7 Å². The first-order chi connectivity index (χ1) is 18.7. The standard InChI is InChI=1S/C30H36N4O6/c1-29(2,3)40-28(39)34-30(4,5)27(38)33-23(15-19-16-32-22-9-7-6-8-20(19)22)25(35)24-21-11-10-18(26(36)37)14-17(21)12-13-31-24/h6-11,14,16,23-24,31-32H,12-13,15H2,1-5H3,(H,33,38)(H,34,39)(H,36,37). The van der Waals surface area contributed by atoms with E-state index in [0.29, 0.717) is 18.5 Å². The molecule has 0 fully saturated rings. The molecule has 40 heavy (non-hydrogen) atoms. The quantitative estimate of drug-likeness (QED) is 0.288. The average molecular weight is 549 g/mol. The van der Waals surface area contributed by atoms with Gasteiger partial charge in [-0.25, -0.2) is 9.59 Å². The second-order valence-electron chi connectivity index (χ2n) is 11.6. The number of rotatable bonds is 8. The molecule has 0 bridgehead atoms. The summed E-state index contributed by atoms with van der Waals surface area (Å²) in [5.41, 5.74) is 1.26. The molecule has 0 aliphatic carbocycles. The van der Waals surface area contributed by atoms with Crippen molar-refractivity contribution < 1.29 is 29.0 Å². The van der Waals surface area contributed by atoms with Gasteiger partial charge in [0.15, 0.2) is 5.78 Å². The average Bonchev–Trinajstić information content (AvgIpc) is 3.28. The van der Waals surface area contributed by atoms with Crippen LogP contribution in [0.1, 0.15) is 67.7 Å². The van der Waals surface area contributed by atoms with Crippen molar-refractivity contribution >= 4 is 34.7 Å². The summed E-state index contributed by atoms with van der Waals surface area (Å²) < 4.78 is 5.32. The predicted molar refractivity (Wildman–Crippen MR) is 150 cm³/mol. The van der Waals surface area contributed by atoms with E-state index in [-0.39, 0.29) is 17.8 Å². The van der Waals surface area contributed by atoms with Crippen molar-refractivity contribution in [2.75, 3.05) is 6.54 Å². The maximum Gasteiger partial charge on any atom is 0.408 e. The number of benzene rings is 2. The fourth-order valence-electron chi connectivity index (χ4n) is 4.85. The second kappa shape index (κ2) is 11.1. The van der Waals surface area contributed by atoms with Crippen molar-refractivity contribution in [1.82, 2.24) is 20.9 Å².